The molecule has 5 aromatic carbocycles. The van der Waals surface area contributed by atoms with Crippen molar-refractivity contribution in [3.63, 3.8) is 0 Å². The molecule has 0 aliphatic carbocycles. The zero-order valence-corrected chi connectivity index (χ0v) is 29.7. The van der Waals surface area contributed by atoms with Gasteiger partial charge in [-0.15, -0.1) is 0 Å². The first-order valence-electron chi connectivity index (χ1n) is 18.3. The highest BCUT2D eigenvalue weighted by molar-refractivity contribution is 6.21. The largest absolute Gasteiger partial charge is 0.374 e. The van der Waals surface area contributed by atoms with Crippen LogP contribution in [0.4, 0.5) is 0 Å². The molecular formula is C45H45NO7. The summed E-state index contributed by atoms with van der Waals surface area (Å²) in [5.41, 5.74) is 5.03. The van der Waals surface area contributed by atoms with E-state index in [2.05, 4.69) is 0 Å². The standard InChI is InChI=1S/C45H45NO7/c47-44-37-24-13-14-25-38(37)45(48)46(44)27-15-26-39-41(50-29-34-18-7-2-8-19-34)43(52-31-36-22-11-4-12-23-36)42(51-30-35-20-9-3-10-21-35)40(53-39)32-49-28-33-16-5-1-6-17-33/h1-14,16-25,39-43H,15,26-32H2/t39-,40-,41-,42-,43-/m1/s1. The number of nitrogens with zero attached hydrogens (tertiary/aromatic N) is 1. The Labute approximate surface area is 311 Å². The fourth-order valence-electron chi connectivity index (χ4n) is 7.01. The lowest BCUT2D eigenvalue weighted by molar-refractivity contribution is -0.273. The summed E-state index contributed by atoms with van der Waals surface area (Å²) >= 11 is 0. The second-order valence-electron chi connectivity index (χ2n) is 13.4. The molecule has 2 aliphatic heterocycles. The van der Waals surface area contributed by atoms with Crippen LogP contribution in [0, 0.1) is 0 Å². The van der Waals surface area contributed by atoms with E-state index >= 15 is 0 Å². The van der Waals surface area contributed by atoms with Crippen molar-refractivity contribution in [3.05, 3.63) is 179 Å². The van der Waals surface area contributed by atoms with Gasteiger partial charge >= 0.3 is 0 Å². The highest BCUT2D eigenvalue weighted by atomic mass is 16.6. The molecule has 1 fully saturated rings. The monoisotopic (exact) mass is 711 g/mol. The van der Waals surface area contributed by atoms with Crippen molar-refractivity contribution in [3.8, 4) is 0 Å². The van der Waals surface area contributed by atoms with E-state index in [0.717, 1.165) is 22.3 Å². The SMILES string of the molecule is O=C1c2ccccc2C(=O)N1CCC[C@H]1O[C@H](COCc2ccccc2)[C@@H](OCc2ccccc2)[C@H](OCc2ccccc2)[C@@H]1OCc1ccccc1. The van der Waals surface area contributed by atoms with Gasteiger partial charge in [0, 0.05) is 6.54 Å². The second-order valence-corrected chi connectivity index (χ2v) is 13.4. The molecule has 0 saturated carbocycles. The lowest BCUT2D eigenvalue weighted by Crippen LogP contribution is -2.61. The Kier molecular flexibility index (Phi) is 12.5. The van der Waals surface area contributed by atoms with E-state index in [1.807, 2.05) is 121 Å². The molecule has 5 aromatic rings. The minimum Gasteiger partial charge on any atom is -0.374 e. The Morgan fingerprint density at radius 3 is 1.34 bits per heavy atom. The summed E-state index contributed by atoms with van der Waals surface area (Å²) in [7, 11) is 0. The predicted octanol–water partition coefficient (Wildman–Crippen LogP) is 7.80. The number of ether oxygens (including phenoxy) is 5. The van der Waals surface area contributed by atoms with Gasteiger partial charge < -0.3 is 23.7 Å². The minimum atomic E-state index is -0.539. The van der Waals surface area contributed by atoms with Crippen molar-refractivity contribution in [2.24, 2.45) is 0 Å². The number of carbonyl (C=O) groups is 2. The van der Waals surface area contributed by atoms with Crippen LogP contribution in [0.5, 0.6) is 0 Å². The first kappa shape index (κ1) is 36.4. The van der Waals surface area contributed by atoms with Gasteiger partial charge in [-0.2, -0.15) is 0 Å². The van der Waals surface area contributed by atoms with Crippen molar-refractivity contribution in [2.45, 2.75) is 69.8 Å². The first-order chi connectivity index (χ1) is 26.1. The van der Waals surface area contributed by atoms with Gasteiger partial charge in [0.25, 0.3) is 11.8 Å². The van der Waals surface area contributed by atoms with Crippen molar-refractivity contribution in [1.29, 1.82) is 0 Å². The summed E-state index contributed by atoms with van der Waals surface area (Å²) < 4.78 is 33.7. The molecule has 5 atom stereocenters. The number of hydrogen-bond donors (Lipinski definition) is 0. The van der Waals surface area contributed by atoms with Gasteiger partial charge in [-0.1, -0.05) is 133 Å². The molecule has 0 bridgehead atoms. The maximum Gasteiger partial charge on any atom is 0.261 e. The van der Waals surface area contributed by atoms with Crippen LogP contribution in [0.15, 0.2) is 146 Å². The van der Waals surface area contributed by atoms with Crippen LogP contribution >= 0.6 is 0 Å². The number of amides is 2. The lowest BCUT2D eigenvalue weighted by atomic mass is 9.91. The number of imide groups is 1. The van der Waals surface area contributed by atoms with Crippen molar-refractivity contribution < 1.29 is 33.3 Å². The van der Waals surface area contributed by atoms with Gasteiger partial charge in [0.1, 0.15) is 24.4 Å². The van der Waals surface area contributed by atoms with Crippen molar-refractivity contribution >= 4 is 11.8 Å². The summed E-state index contributed by atoms with van der Waals surface area (Å²) in [4.78, 5) is 27.7. The Bertz CT molecular complexity index is 1860. The Balaban J connectivity index is 1.16. The van der Waals surface area contributed by atoms with Crippen LogP contribution in [0.25, 0.3) is 0 Å². The summed E-state index contributed by atoms with van der Waals surface area (Å²) in [6, 6.07) is 47.2. The molecule has 1 saturated heterocycles. The van der Waals surface area contributed by atoms with E-state index in [1.54, 1.807) is 24.3 Å². The zero-order valence-electron chi connectivity index (χ0n) is 29.7. The van der Waals surface area contributed by atoms with E-state index < -0.39 is 30.5 Å². The van der Waals surface area contributed by atoms with E-state index in [4.69, 9.17) is 23.7 Å². The quantitative estimate of drug-likeness (QED) is 0.0911. The van der Waals surface area contributed by atoms with Crippen LogP contribution in [0.1, 0.15) is 55.8 Å². The molecule has 0 radical (unpaired) electrons. The molecular weight excluding hydrogens is 666 g/mol. The third kappa shape index (κ3) is 9.35. The molecule has 7 rings (SSSR count). The van der Waals surface area contributed by atoms with Crippen molar-refractivity contribution in [2.75, 3.05) is 13.2 Å². The van der Waals surface area contributed by atoms with Crippen LogP contribution in [0.3, 0.4) is 0 Å². The first-order valence-corrected chi connectivity index (χ1v) is 18.3. The van der Waals surface area contributed by atoms with Crippen LogP contribution in [-0.2, 0) is 50.1 Å². The predicted molar refractivity (Wildman–Crippen MR) is 201 cm³/mol. The third-order valence-electron chi connectivity index (χ3n) is 9.73. The smallest absolute Gasteiger partial charge is 0.261 e. The summed E-state index contributed by atoms with van der Waals surface area (Å²) in [6.45, 7) is 1.98. The zero-order chi connectivity index (χ0) is 36.2. The maximum atomic E-state index is 13.2. The average Bonchev–Trinajstić information content (AvgIpc) is 3.45. The summed E-state index contributed by atoms with van der Waals surface area (Å²) in [5.74, 6) is -0.532. The number of carbonyl (C=O) groups excluding carboxylic acids is 2. The molecule has 0 aromatic heterocycles. The fourth-order valence-corrected chi connectivity index (χ4v) is 7.01. The van der Waals surface area contributed by atoms with Gasteiger partial charge in [-0.25, -0.2) is 0 Å². The van der Waals surface area contributed by atoms with Gasteiger partial charge in [0.05, 0.1) is 50.3 Å². The molecule has 53 heavy (non-hydrogen) atoms. The molecule has 2 heterocycles. The number of fused-ring (bicyclic) bond motifs is 1. The van der Waals surface area contributed by atoms with Crippen LogP contribution < -0.4 is 0 Å². The molecule has 0 N–H and O–H groups in total. The Hall–Kier alpha value is -4.96. The number of benzene rings is 5. The summed E-state index contributed by atoms with van der Waals surface area (Å²) in [6.07, 6.45) is -1.53. The Morgan fingerprint density at radius 1 is 0.472 bits per heavy atom. The van der Waals surface area contributed by atoms with Gasteiger partial charge in [-0.05, 0) is 47.2 Å². The average molecular weight is 712 g/mol. The number of hydrogen-bond acceptors (Lipinski definition) is 7. The molecule has 8 heteroatoms. The normalized spacial score (nSPS) is 21.1. The highest BCUT2D eigenvalue weighted by Crippen LogP contribution is 2.33. The van der Waals surface area contributed by atoms with E-state index in [0.29, 0.717) is 50.4 Å². The van der Waals surface area contributed by atoms with Crippen molar-refractivity contribution in [1.82, 2.24) is 4.90 Å². The van der Waals surface area contributed by atoms with E-state index in [-0.39, 0.29) is 25.0 Å². The molecule has 2 aliphatic rings. The minimum absolute atomic E-state index is 0.260. The topological polar surface area (TPSA) is 83.5 Å². The van der Waals surface area contributed by atoms with Crippen LogP contribution in [-0.4, -0.2) is 60.4 Å². The second kappa shape index (κ2) is 18.2. The van der Waals surface area contributed by atoms with Gasteiger partial charge in [-0.3, -0.25) is 14.5 Å². The molecule has 2 amide bonds. The lowest BCUT2D eigenvalue weighted by Gasteiger charge is -2.46. The van der Waals surface area contributed by atoms with Gasteiger partial charge in [0.15, 0.2) is 0 Å². The molecule has 272 valence electrons. The van der Waals surface area contributed by atoms with Gasteiger partial charge in [0.2, 0.25) is 0 Å². The summed E-state index contributed by atoms with van der Waals surface area (Å²) in [5, 5.41) is 0. The van der Waals surface area contributed by atoms with E-state index in [9.17, 15) is 9.59 Å². The fraction of sp³-hybridized carbons (Fsp3) is 0.289. The maximum absolute atomic E-state index is 13.2. The Morgan fingerprint density at radius 2 is 0.868 bits per heavy atom. The highest BCUT2D eigenvalue weighted by Gasteiger charge is 2.48. The van der Waals surface area contributed by atoms with Crippen LogP contribution in [0.2, 0.25) is 0 Å². The molecule has 0 spiro atoms. The third-order valence-corrected chi connectivity index (χ3v) is 9.73. The molecule has 0 unspecified atom stereocenters. The van der Waals surface area contributed by atoms with E-state index in [1.165, 1.54) is 4.90 Å². The number of rotatable bonds is 17. The molecule has 8 nitrogen and oxygen atoms in total.